The molecule has 4 rings (SSSR count). The van der Waals surface area contributed by atoms with E-state index >= 15 is 0 Å². The van der Waals surface area contributed by atoms with Crippen molar-refractivity contribution in [2.45, 2.75) is 13.0 Å². The van der Waals surface area contributed by atoms with E-state index in [9.17, 15) is 4.79 Å². The molecule has 3 aromatic rings. The van der Waals surface area contributed by atoms with Crippen LogP contribution in [0.1, 0.15) is 33.1 Å². The van der Waals surface area contributed by atoms with Crippen molar-refractivity contribution in [2.24, 2.45) is 0 Å². The highest BCUT2D eigenvalue weighted by Gasteiger charge is 2.28. The first-order valence-corrected chi connectivity index (χ1v) is 10.8. The third kappa shape index (κ3) is 4.44. The molecule has 0 aromatic heterocycles. The number of rotatable bonds is 4. The average molecular weight is 449 g/mol. The molecule has 1 heterocycles. The first-order chi connectivity index (χ1) is 14.1. The van der Waals surface area contributed by atoms with Gasteiger partial charge < -0.3 is 4.90 Å². The lowest BCUT2D eigenvalue weighted by Crippen LogP contribution is -2.50. The van der Waals surface area contributed by atoms with Gasteiger partial charge in [-0.3, -0.25) is 9.69 Å². The predicted octanol–water partition coefficient (Wildman–Crippen LogP) is 5.30. The molecule has 29 heavy (non-hydrogen) atoms. The van der Waals surface area contributed by atoms with E-state index in [0.29, 0.717) is 0 Å². The largest absolute Gasteiger partial charge is 0.336 e. The number of hydrogen-bond donors (Lipinski definition) is 0. The molecule has 3 aromatic carbocycles. The number of hydrogen-bond acceptors (Lipinski definition) is 2. The number of piperazine rings is 1. The summed E-state index contributed by atoms with van der Waals surface area (Å²) in [6.07, 6.45) is 0. The molecule has 0 aliphatic carbocycles. The van der Waals surface area contributed by atoms with Crippen LogP contribution >= 0.6 is 15.9 Å². The summed E-state index contributed by atoms with van der Waals surface area (Å²) >= 11 is 3.54. The van der Waals surface area contributed by atoms with E-state index in [0.717, 1.165) is 41.8 Å². The molecule has 1 aliphatic heterocycles. The third-order valence-corrected chi connectivity index (χ3v) is 6.17. The van der Waals surface area contributed by atoms with Gasteiger partial charge in [0, 0.05) is 36.2 Å². The monoisotopic (exact) mass is 448 g/mol. The topological polar surface area (TPSA) is 23.6 Å². The summed E-state index contributed by atoms with van der Waals surface area (Å²) in [5.41, 5.74) is 4.41. The van der Waals surface area contributed by atoms with E-state index in [2.05, 4.69) is 75.4 Å². The quantitative estimate of drug-likeness (QED) is 0.540. The van der Waals surface area contributed by atoms with Crippen molar-refractivity contribution >= 4 is 21.8 Å². The van der Waals surface area contributed by atoms with Gasteiger partial charge in [-0.15, -0.1) is 0 Å². The van der Waals surface area contributed by atoms with E-state index in [1.165, 1.54) is 11.1 Å². The van der Waals surface area contributed by atoms with Crippen LogP contribution in [0.15, 0.2) is 83.3 Å². The van der Waals surface area contributed by atoms with Gasteiger partial charge in [-0.1, -0.05) is 76.6 Å². The van der Waals surface area contributed by atoms with Gasteiger partial charge in [0.25, 0.3) is 5.91 Å². The standard InChI is InChI=1S/C25H25BrN2O/c1-19-7-5-6-10-23(19)25(29)28-17-15-27(16-18-28)24(20-8-3-2-4-9-20)21-11-13-22(26)14-12-21/h2-14,24H,15-18H2,1H3/t24-/m0/s1. The zero-order chi connectivity index (χ0) is 20.2. The van der Waals surface area contributed by atoms with Gasteiger partial charge in [0.15, 0.2) is 0 Å². The zero-order valence-electron chi connectivity index (χ0n) is 16.6. The Morgan fingerprint density at radius 2 is 1.38 bits per heavy atom. The second kappa shape index (κ2) is 8.93. The number of benzene rings is 3. The number of carbonyl (C=O) groups excluding carboxylic acids is 1. The Hall–Kier alpha value is -2.43. The highest BCUT2D eigenvalue weighted by molar-refractivity contribution is 9.10. The second-order valence-electron chi connectivity index (χ2n) is 7.51. The molecule has 0 spiro atoms. The predicted molar refractivity (Wildman–Crippen MR) is 121 cm³/mol. The maximum Gasteiger partial charge on any atom is 0.254 e. The summed E-state index contributed by atoms with van der Waals surface area (Å²) in [5, 5.41) is 0. The lowest BCUT2D eigenvalue weighted by Gasteiger charge is -2.40. The number of halogens is 1. The Balaban J connectivity index is 1.53. The zero-order valence-corrected chi connectivity index (χ0v) is 18.2. The van der Waals surface area contributed by atoms with E-state index in [4.69, 9.17) is 0 Å². The molecule has 1 fully saturated rings. The summed E-state index contributed by atoms with van der Waals surface area (Å²) in [7, 11) is 0. The van der Waals surface area contributed by atoms with E-state index in [1.54, 1.807) is 0 Å². The van der Waals surface area contributed by atoms with Gasteiger partial charge in [-0.05, 0) is 41.8 Å². The molecule has 1 amide bonds. The molecular formula is C25H25BrN2O. The van der Waals surface area contributed by atoms with Gasteiger partial charge in [0.2, 0.25) is 0 Å². The number of aryl methyl sites for hydroxylation is 1. The summed E-state index contributed by atoms with van der Waals surface area (Å²) < 4.78 is 1.08. The fourth-order valence-corrected chi connectivity index (χ4v) is 4.33. The molecule has 4 heteroatoms. The summed E-state index contributed by atoms with van der Waals surface area (Å²) in [6.45, 7) is 5.20. The van der Waals surface area contributed by atoms with Crippen molar-refractivity contribution < 1.29 is 4.79 Å². The van der Waals surface area contributed by atoms with Crippen molar-refractivity contribution in [3.63, 3.8) is 0 Å². The molecule has 1 atom stereocenters. The smallest absolute Gasteiger partial charge is 0.254 e. The van der Waals surface area contributed by atoms with Gasteiger partial charge in [0.05, 0.1) is 6.04 Å². The van der Waals surface area contributed by atoms with Crippen LogP contribution in [-0.4, -0.2) is 41.9 Å². The molecule has 0 radical (unpaired) electrons. The number of amides is 1. The normalized spacial score (nSPS) is 15.9. The van der Waals surface area contributed by atoms with E-state index < -0.39 is 0 Å². The Morgan fingerprint density at radius 3 is 2.03 bits per heavy atom. The molecule has 0 unspecified atom stereocenters. The molecular weight excluding hydrogens is 424 g/mol. The molecule has 0 saturated carbocycles. The highest BCUT2D eigenvalue weighted by atomic mass is 79.9. The van der Waals surface area contributed by atoms with Crippen LogP contribution in [0.3, 0.4) is 0 Å². The van der Waals surface area contributed by atoms with Crippen LogP contribution in [0.5, 0.6) is 0 Å². The molecule has 148 valence electrons. The SMILES string of the molecule is Cc1ccccc1C(=O)N1CCN([C@@H](c2ccccc2)c2ccc(Br)cc2)CC1. The average Bonchev–Trinajstić information content (AvgIpc) is 2.76. The van der Waals surface area contributed by atoms with Crippen LogP contribution in [-0.2, 0) is 0 Å². The fraction of sp³-hybridized carbons (Fsp3) is 0.240. The summed E-state index contributed by atoms with van der Waals surface area (Å²) in [4.78, 5) is 17.5. The molecule has 1 aliphatic rings. The first-order valence-electron chi connectivity index (χ1n) is 10.0. The first kappa shape index (κ1) is 19.9. The molecule has 0 bridgehead atoms. The molecule has 3 nitrogen and oxygen atoms in total. The van der Waals surface area contributed by atoms with Gasteiger partial charge >= 0.3 is 0 Å². The Kier molecular flexibility index (Phi) is 6.12. The van der Waals surface area contributed by atoms with Crippen LogP contribution in [0.25, 0.3) is 0 Å². The van der Waals surface area contributed by atoms with Crippen LogP contribution < -0.4 is 0 Å². The minimum Gasteiger partial charge on any atom is -0.336 e. The Morgan fingerprint density at radius 1 is 0.793 bits per heavy atom. The Bertz CT molecular complexity index is 964. The highest BCUT2D eigenvalue weighted by Crippen LogP contribution is 2.30. The molecule has 1 saturated heterocycles. The van der Waals surface area contributed by atoms with Crippen LogP contribution in [0.2, 0.25) is 0 Å². The number of nitrogens with zero attached hydrogens (tertiary/aromatic N) is 2. The maximum atomic E-state index is 13.0. The molecule has 0 N–H and O–H groups in total. The summed E-state index contributed by atoms with van der Waals surface area (Å²) in [5.74, 6) is 0.141. The number of carbonyl (C=O) groups is 1. The van der Waals surface area contributed by atoms with Gasteiger partial charge in [0.1, 0.15) is 0 Å². The minimum absolute atomic E-state index is 0.141. The fourth-order valence-electron chi connectivity index (χ4n) is 4.06. The van der Waals surface area contributed by atoms with Crippen molar-refractivity contribution in [3.05, 3.63) is 106 Å². The van der Waals surface area contributed by atoms with Crippen molar-refractivity contribution in [1.82, 2.24) is 9.80 Å². The van der Waals surface area contributed by atoms with Gasteiger partial charge in [-0.2, -0.15) is 0 Å². The summed E-state index contributed by atoms with van der Waals surface area (Å²) in [6, 6.07) is 27.3. The Labute approximate surface area is 181 Å². The van der Waals surface area contributed by atoms with Crippen LogP contribution in [0, 0.1) is 6.92 Å². The van der Waals surface area contributed by atoms with Crippen molar-refractivity contribution in [3.8, 4) is 0 Å². The maximum absolute atomic E-state index is 13.0. The van der Waals surface area contributed by atoms with Crippen molar-refractivity contribution in [2.75, 3.05) is 26.2 Å². The van der Waals surface area contributed by atoms with E-state index in [1.807, 2.05) is 36.1 Å². The third-order valence-electron chi connectivity index (χ3n) is 5.64. The van der Waals surface area contributed by atoms with Crippen LogP contribution in [0.4, 0.5) is 0 Å². The minimum atomic E-state index is 0.141. The van der Waals surface area contributed by atoms with Crippen molar-refractivity contribution in [1.29, 1.82) is 0 Å². The lowest BCUT2D eigenvalue weighted by molar-refractivity contribution is 0.0596. The van der Waals surface area contributed by atoms with Gasteiger partial charge in [-0.25, -0.2) is 0 Å². The lowest BCUT2D eigenvalue weighted by atomic mass is 9.96. The second-order valence-corrected chi connectivity index (χ2v) is 8.42. The van der Waals surface area contributed by atoms with E-state index in [-0.39, 0.29) is 11.9 Å².